The van der Waals surface area contributed by atoms with Gasteiger partial charge in [0.1, 0.15) is 5.82 Å². The summed E-state index contributed by atoms with van der Waals surface area (Å²) in [5.74, 6) is 1.37. The molecule has 1 saturated carbocycles. The van der Waals surface area contributed by atoms with Crippen LogP contribution in [-0.4, -0.2) is 25.1 Å². The molecular weight excluding hydrogens is 356 g/mol. The van der Waals surface area contributed by atoms with Gasteiger partial charge in [-0.25, -0.2) is 4.98 Å². The van der Waals surface area contributed by atoms with Gasteiger partial charge in [-0.1, -0.05) is 5.16 Å². The Morgan fingerprint density at radius 3 is 2.77 bits per heavy atom. The van der Waals surface area contributed by atoms with Crippen LogP contribution in [0, 0.1) is 6.92 Å². The average molecular weight is 375 g/mol. The Morgan fingerprint density at radius 2 is 2.15 bits per heavy atom. The summed E-state index contributed by atoms with van der Waals surface area (Å²) < 4.78 is 5.28. The predicted molar refractivity (Wildman–Crippen MR) is 96.9 cm³/mol. The number of pyridine rings is 1. The molecule has 3 aromatic rings. The molecule has 0 aromatic carbocycles. The van der Waals surface area contributed by atoms with E-state index in [0.717, 1.165) is 24.8 Å². The van der Waals surface area contributed by atoms with Crippen molar-refractivity contribution in [3.05, 3.63) is 57.9 Å². The number of rotatable bonds is 4. The van der Waals surface area contributed by atoms with E-state index in [1.807, 2.05) is 6.07 Å². The van der Waals surface area contributed by atoms with Gasteiger partial charge in [0.25, 0.3) is 5.56 Å². The Balaban J connectivity index is 0.00000196. The quantitative estimate of drug-likeness (QED) is 0.714. The molecule has 3 aromatic heterocycles. The standard InChI is InChI=1S/C17H18N6O2.ClH/c1-10-12(8-13-21-16(23-25-13)17(18)5-3-6-17)15(24)22-14(20-10)11-4-2-7-19-9-11;/h2,4,7,9H,3,5-6,8,18H2,1H3,(H,20,22,24);1H. The van der Waals surface area contributed by atoms with Crippen molar-refractivity contribution in [3.63, 3.8) is 0 Å². The summed E-state index contributed by atoms with van der Waals surface area (Å²) in [7, 11) is 0. The summed E-state index contributed by atoms with van der Waals surface area (Å²) in [6.07, 6.45) is 6.33. The molecule has 0 amide bonds. The Labute approximate surface area is 155 Å². The van der Waals surface area contributed by atoms with Crippen LogP contribution in [0.2, 0.25) is 0 Å². The number of halogens is 1. The van der Waals surface area contributed by atoms with Crippen molar-refractivity contribution in [1.82, 2.24) is 25.1 Å². The van der Waals surface area contributed by atoms with E-state index in [1.165, 1.54) is 0 Å². The average Bonchev–Trinajstić information content (AvgIpc) is 3.05. The maximum atomic E-state index is 12.5. The maximum absolute atomic E-state index is 12.5. The van der Waals surface area contributed by atoms with Crippen LogP contribution in [-0.2, 0) is 12.0 Å². The van der Waals surface area contributed by atoms with Gasteiger partial charge in [0.15, 0.2) is 5.82 Å². The number of nitrogens with one attached hydrogen (secondary N) is 1. The summed E-state index contributed by atoms with van der Waals surface area (Å²) in [6.45, 7) is 1.79. The molecule has 4 rings (SSSR count). The molecule has 26 heavy (non-hydrogen) atoms. The molecule has 0 saturated heterocycles. The smallest absolute Gasteiger partial charge is 0.255 e. The number of H-pyrrole nitrogens is 1. The van der Waals surface area contributed by atoms with Crippen molar-refractivity contribution in [2.24, 2.45) is 5.73 Å². The van der Waals surface area contributed by atoms with Crippen LogP contribution in [0.4, 0.5) is 0 Å². The number of aromatic nitrogens is 5. The van der Waals surface area contributed by atoms with Crippen LogP contribution < -0.4 is 11.3 Å². The number of aromatic amines is 1. The Morgan fingerprint density at radius 1 is 1.35 bits per heavy atom. The predicted octanol–water partition coefficient (Wildman–Crippen LogP) is 1.87. The normalized spacial score (nSPS) is 15.2. The van der Waals surface area contributed by atoms with E-state index in [4.69, 9.17) is 10.3 Å². The first-order valence-corrected chi connectivity index (χ1v) is 8.17. The van der Waals surface area contributed by atoms with E-state index in [0.29, 0.717) is 28.8 Å². The molecular formula is C17H19ClN6O2. The van der Waals surface area contributed by atoms with Crippen LogP contribution in [0.25, 0.3) is 11.4 Å². The molecule has 0 aliphatic heterocycles. The van der Waals surface area contributed by atoms with Crippen molar-refractivity contribution in [2.45, 2.75) is 38.1 Å². The van der Waals surface area contributed by atoms with Crippen molar-refractivity contribution in [2.75, 3.05) is 0 Å². The lowest BCUT2D eigenvalue weighted by Gasteiger charge is -2.34. The van der Waals surface area contributed by atoms with E-state index in [-0.39, 0.29) is 24.4 Å². The molecule has 8 nitrogen and oxygen atoms in total. The highest BCUT2D eigenvalue weighted by atomic mass is 35.5. The molecule has 1 fully saturated rings. The fraction of sp³-hybridized carbons (Fsp3) is 0.353. The third-order valence-electron chi connectivity index (χ3n) is 4.64. The third kappa shape index (κ3) is 3.25. The van der Waals surface area contributed by atoms with Gasteiger partial charge < -0.3 is 15.2 Å². The fourth-order valence-corrected chi connectivity index (χ4v) is 2.92. The molecule has 0 unspecified atom stereocenters. The minimum absolute atomic E-state index is 0. The van der Waals surface area contributed by atoms with E-state index < -0.39 is 5.54 Å². The molecule has 1 aliphatic rings. The van der Waals surface area contributed by atoms with Crippen LogP contribution in [0.1, 0.15) is 42.2 Å². The van der Waals surface area contributed by atoms with Crippen molar-refractivity contribution in [1.29, 1.82) is 0 Å². The highest BCUT2D eigenvalue weighted by molar-refractivity contribution is 5.85. The monoisotopic (exact) mass is 374 g/mol. The minimum atomic E-state index is -0.481. The summed E-state index contributed by atoms with van der Waals surface area (Å²) >= 11 is 0. The topological polar surface area (TPSA) is 124 Å². The van der Waals surface area contributed by atoms with Gasteiger partial charge in [-0.3, -0.25) is 9.78 Å². The number of nitrogens with two attached hydrogens (primary N) is 1. The second-order valence-corrected chi connectivity index (χ2v) is 6.42. The number of aryl methyl sites for hydroxylation is 1. The van der Waals surface area contributed by atoms with Crippen molar-refractivity contribution in [3.8, 4) is 11.4 Å². The van der Waals surface area contributed by atoms with Gasteiger partial charge >= 0.3 is 0 Å². The maximum Gasteiger partial charge on any atom is 0.255 e. The molecule has 9 heteroatoms. The van der Waals surface area contributed by atoms with Gasteiger partial charge in [-0.15, -0.1) is 12.4 Å². The number of nitrogens with zero attached hydrogens (tertiary/aromatic N) is 4. The molecule has 1 aliphatic carbocycles. The fourth-order valence-electron chi connectivity index (χ4n) is 2.92. The molecule has 3 N–H and O–H groups in total. The van der Waals surface area contributed by atoms with E-state index in [1.54, 1.807) is 25.4 Å². The van der Waals surface area contributed by atoms with Crippen LogP contribution >= 0.6 is 12.4 Å². The second-order valence-electron chi connectivity index (χ2n) is 6.42. The van der Waals surface area contributed by atoms with Crippen LogP contribution in [0.3, 0.4) is 0 Å². The van der Waals surface area contributed by atoms with Crippen molar-refractivity contribution < 1.29 is 4.52 Å². The lowest BCUT2D eigenvalue weighted by Crippen LogP contribution is -2.44. The first-order valence-electron chi connectivity index (χ1n) is 8.17. The minimum Gasteiger partial charge on any atom is -0.339 e. The van der Waals surface area contributed by atoms with Gasteiger partial charge in [0.2, 0.25) is 5.89 Å². The van der Waals surface area contributed by atoms with Crippen molar-refractivity contribution >= 4 is 12.4 Å². The molecule has 0 bridgehead atoms. The molecule has 0 atom stereocenters. The summed E-state index contributed by atoms with van der Waals surface area (Å²) in [5.41, 5.74) is 7.37. The van der Waals surface area contributed by atoms with Gasteiger partial charge in [0, 0.05) is 29.2 Å². The van der Waals surface area contributed by atoms with Crippen LogP contribution in [0.15, 0.2) is 33.8 Å². The van der Waals surface area contributed by atoms with Gasteiger partial charge in [-0.2, -0.15) is 4.98 Å². The zero-order valence-corrected chi connectivity index (χ0v) is 15.0. The zero-order chi connectivity index (χ0) is 17.4. The number of hydrogen-bond acceptors (Lipinski definition) is 7. The number of hydrogen-bond donors (Lipinski definition) is 2. The first-order chi connectivity index (χ1) is 12.0. The highest BCUT2D eigenvalue weighted by Gasteiger charge is 2.39. The summed E-state index contributed by atoms with van der Waals surface area (Å²) in [5, 5.41) is 3.98. The molecule has 0 spiro atoms. The molecule has 0 radical (unpaired) electrons. The van der Waals surface area contributed by atoms with E-state index in [2.05, 4.69) is 25.1 Å². The summed E-state index contributed by atoms with van der Waals surface area (Å²) in [6, 6.07) is 3.63. The zero-order valence-electron chi connectivity index (χ0n) is 14.2. The van der Waals surface area contributed by atoms with Crippen LogP contribution in [0.5, 0.6) is 0 Å². The largest absolute Gasteiger partial charge is 0.339 e. The lowest BCUT2D eigenvalue weighted by atomic mass is 9.77. The van der Waals surface area contributed by atoms with E-state index >= 15 is 0 Å². The summed E-state index contributed by atoms with van der Waals surface area (Å²) in [4.78, 5) is 28.2. The SMILES string of the molecule is Cc1nc(-c2cccnc2)[nH]c(=O)c1Cc1nc(C2(N)CCC2)no1.Cl. The van der Waals surface area contributed by atoms with Gasteiger partial charge in [-0.05, 0) is 38.3 Å². The lowest BCUT2D eigenvalue weighted by molar-refractivity contribution is 0.229. The Bertz CT molecular complexity index is 965. The first kappa shape index (κ1) is 18.2. The Kier molecular flexibility index (Phi) is 4.88. The third-order valence-corrected chi connectivity index (χ3v) is 4.64. The Hall–Kier alpha value is -2.58. The molecule has 136 valence electrons. The molecule has 3 heterocycles. The van der Waals surface area contributed by atoms with Gasteiger partial charge in [0.05, 0.1) is 12.0 Å². The highest BCUT2D eigenvalue weighted by Crippen LogP contribution is 2.36. The van der Waals surface area contributed by atoms with E-state index in [9.17, 15) is 4.79 Å². The second kappa shape index (κ2) is 6.97.